The summed E-state index contributed by atoms with van der Waals surface area (Å²) < 4.78 is 0. The van der Waals surface area contributed by atoms with Gasteiger partial charge in [-0.25, -0.2) is 0 Å². The summed E-state index contributed by atoms with van der Waals surface area (Å²) in [5, 5.41) is 30.8. The monoisotopic (exact) mass is 428 g/mol. The van der Waals surface area contributed by atoms with Gasteiger partial charge in [0.05, 0.1) is 17.8 Å². The zero-order valence-corrected chi connectivity index (χ0v) is 20.3. The van der Waals surface area contributed by atoms with Crippen molar-refractivity contribution < 1.29 is 15.3 Å². The van der Waals surface area contributed by atoms with Gasteiger partial charge in [0, 0.05) is 6.42 Å². The summed E-state index contributed by atoms with van der Waals surface area (Å²) in [7, 11) is 0. The number of rotatable bonds is 5. The average Bonchev–Trinajstić information content (AvgIpc) is 3.05. The second-order valence-corrected chi connectivity index (χ2v) is 11.3. The normalized spacial score (nSPS) is 40.0. The number of hydrogen-bond donors (Lipinski definition) is 3. The van der Waals surface area contributed by atoms with Crippen LogP contribution in [0.1, 0.15) is 79.6 Å². The summed E-state index contributed by atoms with van der Waals surface area (Å²) >= 11 is 0. The van der Waals surface area contributed by atoms with Crippen LogP contribution < -0.4 is 0 Å². The van der Waals surface area contributed by atoms with E-state index in [4.69, 9.17) is 0 Å². The number of hydrogen-bond acceptors (Lipinski definition) is 3. The van der Waals surface area contributed by atoms with Gasteiger partial charge in [-0.2, -0.15) is 0 Å². The minimum Gasteiger partial charge on any atom is -0.393 e. The molecule has 0 aliphatic heterocycles. The first-order valence-electron chi connectivity index (χ1n) is 12.3. The van der Waals surface area contributed by atoms with E-state index in [1.807, 2.05) is 13.0 Å². The molecule has 31 heavy (non-hydrogen) atoms. The van der Waals surface area contributed by atoms with E-state index in [-0.39, 0.29) is 5.92 Å². The van der Waals surface area contributed by atoms with Crippen molar-refractivity contribution in [2.24, 2.45) is 29.1 Å². The Bertz CT molecular complexity index is 756. The Morgan fingerprint density at radius 2 is 1.87 bits per heavy atom. The van der Waals surface area contributed by atoms with E-state index >= 15 is 0 Å². The molecule has 3 aliphatic carbocycles. The molecule has 3 saturated carbocycles. The first kappa shape index (κ1) is 24.5. The first-order valence-corrected chi connectivity index (χ1v) is 12.3. The lowest BCUT2D eigenvalue weighted by Gasteiger charge is -2.44. The van der Waals surface area contributed by atoms with Gasteiger partial charge in [-0.3, -0.25) is 0 Å². The Morgan fingerprint density at radius 3 is 2.55 bits per heavy atom. The van der Waals surface area contributed by atoms with Crippen molar-refractivity contribution in [1.82, 2.24) is 0 Å². The second kappa shape index (κ2) is 9.37. The minimum atomic E-state index is -0.755. The molecule has 0 spiro atoms. The second-order valence-electron chi connectivity index (χ2n) is 11.3. The third-order valence-corrected chi connectivity index (χ3v) is 8.84. The highest BCUT2D eigenvalue weighted by molar-refractivity contribution is 5.38. The molecular weight excluding hydrogens is 384 g/mol. The van der Waals surface area contributed by atoms with Gasteiger partial charge in [0.2, 0.25) is 0 Å². The molecule has 3 rings (SSSR count). The lowest BCUT2D eigenvalue weighted by atomic mass is 9.61. The highest BCUT2D eigenvalue weighted by Gasteiger charge is 2.50. The van der Waals surface area contributed by atoms with Crippen LogP contribution in [-0.4, -0.2) is 33.1 Å². The van der Waals surface area contributed by atoms with Gasteiger partial charge < -0.3 is 15.3 Å². The fourth-order valence-corrected chi connectivity index (χ4v) is 6.28. The Labute approximate surface area is 189 Å². The van der Waals surface area contributed by atoms with Gasteiger partial charge >= 0.3 is 0 Å². The van der Waals surface area contributed by atoms with Crippen molar-refractivity contribution in [3.05, 3.63) is 47.6 Å². The molecule has 7 atom stereocenters. The lowest BCUT2D eigenvalue weighted by molar-refractivity contribution is 0.0607. The van der Waals surface area contributed by atoms with Crippen molar-refractivity contribution in [3.63, 3.8) is 0 Å². The molecular formula is C28H44O3. The lowest BCUT2D eigenvalue weighted by Crippen LogP contribution is -2.36. The molecule has 3 N–H and O–H groups in total. The van der Waals surface area contributed by atoms with Gasteiger partial charge in [-0.1, -0.05) is 64.2 Å². The number of fused-ring (bicyclic) bond motifs is 1. The molecule has 0 aromatic carbocycles. The summed E-state index contributed by atoms with van der Waals surface area (Å²) in [6.45, 7) is 14.9. The highest BCUT2D eigenvalue weighted by atomic mass is 16.3. The predicted octanol–water partition coefficient (Wildman–Crippen LogP) is 5.73. The number of aliphatic hydroxyl groups is 3. The Kier molecular flexibility index (Phi) is 7.40. The quantitative estimate of drug-likeness (QED) is 0.490. The fourth-order valence-electron chi connectivity index (χ4n) is 6.28. The van der Waals surface area contributed by atoms with Crippen LogP contribution in [-0.2, 0) is 0 Å². The van der Waals surface area contributed by atoms with Crippen molar-refractivity contribution in [3.8, 4) is 0 Å². The number of allylic oxidation sites excluding steroid dienone is 4. The van der Waals surface area contributed by atoms with Gasteiger partial charge in [-0.05, 0) is 85.7 Å². The predicted molar refractivity (Wildman–Crippen MR) is 128 cm³/mol. The molecule has 3 heteroatoms. The standard InChI is InChI=1S/C28H44O3/c1-18(2)28(6,31)15-13-19(3)24-11-12-25-21(8-7-14-27(24,25)5)9-10-22-16-23(29)17-26(30)20(22)4/h9-10,13,15,18-19,23-26,29-31H,4,7-8,11-12,14,16-17H2,1-3,5-6H3/t19-,23-,24-,25?,26+,27-,28-/m1/s1. The van der Waals surface area contributed by atoms with Crippen LogP contribution in [0.15, 0.2) is 47.6 Å². The van der Waals surface area contributed by atoms with E-state index in [1.54, 1.807) is 0 Å². The maximum atomic E-state index is 10.6. The van der Waals surface area contributed by atoms with Crippen molar-refractivity contribution in [2.45, 2.75) is 97.4 Å². The summed E-state index contributed by atoms with van der Waals surface area (Å²) in [6.07, 6.45) is 14.6. The minimum absolute atomic E-state index is 0.201. The molecule has 3 nitrogen and oxygen atoms in total. The van der Waals surface area contributed by atoms with Gasteiger partial charge in [-0.15, -0.1) is 0 Å². The molecule has 0 radical (unpaired) electrons. The largest absolute Gasteiger partial charge is 0.393 e. The molecule has 0 amide bonds. The molecule has 0 saturated heterocycles. The zero-order chi connectivity index (χ0) is 23.0. The van der Waals surface area contributed by atoms with Gasteiger partial charge in [0.15, 0.2) is 0 Å². The number of aliphatic hydroxyl groups excluding tert-OH is 2. The van der Waals surface area contributed by atoms with E-state index in [9.17, 15) is 15.3 Å². The maximum absolute atomic E-state index is 10.6. The van der Waals surface area contributed by atoms with Gasteiger partial charge in [0.1, 0.15) is 0 Å². The van der Waals surface area contributed by atoms with Crippen molar-refractivity contribution >= 4 is 0 Å². The smallest absolute Gasteiger partial charge is 0.0822 e. The average molecular weight is 429 g/mol. The zero-order valence-electron chi connectivity index (χ0n) is 20.3. The van der Waals surface area contributed by atoms with Crippen molar-refractivity contribution in [2.75, 3.05) is 0 Å². The topological polar surface area (TPSA) is 60.7 Å². The molecule has 0 aromatic heterocycles. The molecule has 0 aromatic rings. The van der Waals surface area contributed by atoms with E-state index < -0.39 is 17.8 Å². The molecule has 1 unspecified atom stereocenters. The first-order chi connectivity index (χ1) is 14.5. The maximum Gasteiger partial charge on any atom is 0.0822 e. The van der Waals surface area contributed by atoms with Crippen LogP contribution in [0.5, 0.6) is 0 Å². The Balaban J connectivity index is 1.78. The molecule has 0 heterocycles. The van der Waals surface area contributed by atoms with E-state index in [1.165, 1.54) is 31.3 Å². The van der Waals surface area contributed by atoms with Crippen LogP contribution in [0.4, 0.5) is 0 Å². The third kappa shape index (κ3) is 5.10. The SMILES string of the molecule is C=C1C(=CC=C2CCC[C@@]3(C)C2CC[C@@H]3[C@H](C)C=C[C@@](C)(O)C(C)C)C[C@@H](O)C[C@@H]1O. The summed E-state index contributed by atoms with van der Waals surface area (Å²) in [4.78, 5) is 0. The fraction of sp³-hybridized carbons (Fsp3) is 0.714. The Morgan fingerprint density at radius 1 is 1.16 bits per heavy atom. The van der Waals surface area contributed by atoms with E-state index in [0.717, 1.165) is 17.6 Å². The van der Waals surface area contributed by atoms with Gasteiger partial charge in [0.25, 0.3) is 0 Å². The van der Waals surface area contributed by atoms with Crippen LogP contribution in [0.2, 0.25) is 0 Å². The third-order valence-electron chi connectivity index (χ3n) is 8.84. The molecule has 0 bridgehead atoms. The summed E-state index contributed by atoms with van der Waals surface area (Å²) in [6, 6.07) is 0. The van der Waals surface area contributed by atoms with Crippen molar-refractivity contribution in [1.29, 1.82) is 0 Å². The van der Waals surface area contributed by atoms with E-state index in [0.29, 0.717) is 36.0 Å². The molecule has 174 valence electrons. The van der Waals surface area contributed by atoms with Crippen LogP contribution in [0, 0.1) is 29.1 Å². The van der Waals surface area contributed by atoms with E-state index in [2.05, 4.69) is 52.5 Å². The summed E-state index contributed by atoms with van der Waals surface area (Å²) in [5.74, 6) is 1.87. The van der Waals surface area contributed by atoms with Crippen LogP contribution in [0.25, 0.3) is 0 Å². The highest BCUT2D eigenvalue weighted by Crippen LogP contribution is 2.59. The Hall–Kier alpha value is -1.16. The molecule has 3 aliphatic rings. The summed E-state index contributed by atoms with van der Waals surface area (Å²) in [5.41, 5.74) is 2.82. The van der Waals surface area contributed by atoms with Crippen LogP contribution in [0.3, 0.4) is 0 Å². The molecule has 3 fully saturated rings. The van der Waals surface area contributed by atoms with Crippen LogP contribution >= 0.6 is 0 Å².